The number of hydrogen-bond donors (Lipinski definition) is 2. The molecule has 1 rings (SSSR count). The Morgan fingerprint density at radius 2 is 2.06 bits per heavy atom. The molecule has 3 N–H and O–H groups in total. The molecule has 0 amide bonds. The summed E-state index contributed by atoms with van der Waals surface area (Å²) in [5.41, 5.74) is 1.47. The minimum Gasteiger partial charge on any atom is -0.385 e. The van der Waals surface area contributed by atoms with E-state index in [-0.39, 0.29) is 4.90 Å². The number of benzene rings is 1. The predicted octanol–water partition coefficient (Wildman–Crippen LogP) is 2.20. The average Bonchev–Trinajstić information content (AvgIpc) is 2.29. The summed E-state index contributed by atoms with van der Waals surface area (Å²) in [7, 11) is -3.64. The summed E-state index contributed by atoms with van der Waals surface area (Å²) in [6, 6.07) is 5.24. The van der Waals surface area contributed by atoms with E-state index >= 15 is 0 Å². The lowest BCUT2D eigenvalue weighted by Gasteiger charge is -2.09. The molecule has 0 bridgehead atoms. The molecule has 0 radical (unpaired) electrons. The van der Waals surface area contributed by atoms with Crippen LogP contribution in [-0.2, 0) is 10.0 Å². The van der Waals surface area contributed by atoms with Crippen molar-refractivity contribution in [3.8, 4) is 0 Å². The average molecular weight is 288 g/mol. The fraction of sp³-hybridized carbons (Fsp3) is 0.500. The third kappa shape index (κ3) is 4.88. The molecule has 0 aliphatic heterocycles. The predicted molar refractivity (Wildman–Crippen MR) is 78.7 cm³/mol. The van der Waals surface area contributed by atoms with Crippen LogP contribution in [0.1, 0.15) is 18.4 Å². The van der Waals surface area contributed by atoms with Gasteiger partial charge in [0.25, 0.3) is 0 Å². The maximum atomic E-state index is 11.4. The molecule has 0 saturated heterocycles. The van der Waals surface area contributed by atoms with Gasteiger partial charge >= 0.3 is 0 Å². The first-order valence-corrected chi connectivity index (χ1v) is 8.75. The van der Waals surface area contributed by atoms with Gasteiger partial charge in [0.15, 0.2) is 0 Å². The van der Waals surface area contributed by atoms with Crippen LogP contribution in [0.4, 0.5) is 5.69 Å². The van der Waals surface area contributed by atoms with Crippen LogP contribution >= 0.6 is 11.8 Å². The second-order valence-corrected chi connectivity index (χ2v) is 6.67. The van der Waals surface area contributed by atoms with Gasteiger partial charge in [0.2, 0.25) is 10.0 Å². The highest BCUT2D eigenvalue weighted by atomic mass is 32.2. The summed E-state index contributed by atoms with van der Waals surface area (Å²) < 4.78 is 22.7. The molecule has 0 aliphatic rings. The van der Waals surface area contributed by atoms with Crippen LogP contribution in [0.15, 0.2) is 23.1 Å². The third-order valence-corrected chi connectivity index (χ3v) is 4.35. The van der Waals surface area contributed by atoms with Crippen molar-refractivity contribution in [3.05, 3.63) is 23.8 Å². The topological polar surface area (TPSA) is 72.2 Å². The van der Waals surface area contributed by atoms with Crippen LogP contribution in [0, 0.1) is 6.92 Å². The molecule has 102 valence electrons. The van der Waals surface area contributed by atoms with Gasteiger partial charge < -0.3 is 5.32 Å². The fourth-order valence-corrected chi connectivity index (χ4v) is 2.92. The molecule has 6 heteroatoms. The number of sulfonamides is 1. The van der Waals surface area contributed by atoms with Crippen molar-refractivity contribution >= 4 is 27.5 Å². The van der Waals surface area contributed by atoms with E-state index < -0.39 is 10.0 Å². The van der Waals surface area contributed by atoms with E-state index in [0.29, 0.717) is 5.56 Å². The first kappa shape index (κ1) is 15.3. The Morgan fingerprint density at radius 3 is 2.67 bits per heavy atom. The van der Waals surface area contributed by atoms with Crippen molar-refractivity contribution in [2.45, 2.75) is 24.7 Å². The fourth-order valence-electron chi connectivity index (χ4n) is 1.62. The Bertz CT molecular complexity index is 487. The number of unbranched alkanes of at least 4 members (excludes halogenated alkanes) is 1. The Morgan fingerprint density at radius 1 is 1.33 bits per heavy atom. The van der Waals surface area contributed by atoms with Gasteiger partial charge in [-0.05, 0) is 49.5 Å². The Balaban J connectivity index is 2.63. The number of rotatable bonds is 7. The van der Waals surface area contributed by atoms with Crippen LogP contribution in [0.25, 0.3) is 0 Å². The first-order valence-electron chi connectivity index (χ1n) is 5.81. The standard InChI is InChI=1S/C12H20N2O2S2/c1-10-5-6-11(9-12(10)18(13,15)16)14-7-3-4-8-17-2/h5-6,9,14H,3-4,7-8H2,1-2H3,(H2,13,15,16). The molecule has 0 fully saturated rings. The minimum absolute atomic E-state index is 0.191. The van der Waals surface area contributed by atoms with E-state index in [1.165, 1.54) is 0 Å². The highest BCUT2D eigenvalue weighted by Gasteiger charge is 2.11. The molecule has 0 unspecified atom stereocenters. The van der Waals surface area contributed by atoms with Crippen molar-refractivity contribution in [1.82, 2.24) is 0 Å². The molecule has 0 aromatic heterocycles. The highest BCUT2D eigenvalue weighted by Crippen LogP contribution is 2.19. The van der Waals surface area contributed by atoms with E-state index in [9.17, 15) is 8.42 Å². The minimum atomic E-state index is -3.64. The number of anilines is 1. The van der Waals surface area contributed by atoms with Crippen LogP contribution in [0.2, 0.25) is 0 Å². The molecule has 1 aromatic rings. The first-order chi connectivity index (χ1) is 8.45. The molecular formula is C12H20N2O2S2. The number of hydrogen-bond acceptors (Lipinski definition) is 4. The zero-order valence-corrected chi connectivity index (χ0v) is 12.4. The molecular weight excluding hydrogens is 268 g/mol. The van der Waals surface area contributed by atoms with Crippen molar-refractivity contribution in [2.24, 2.45) is 5.14 Å². The van der Waals surface area contributed by atoms with Crippen molar-refractivity contribution in [3.63, 3.8) is 0 Å². The molecule has 1 aromatic carbocycles. The molecule has 4 nitrogen and oxygen atoms in total. The summed E-state index contributed by atoms with van der Waals surface area (Å²) in [6.45, 7) is 2.58. The monoisotopic (exact) mass is 288 g/mol. The number of primary sulfonamides is 1. The van der Waals surface area contributed by atoms with Crippen LogP contribution in [0.5, 0.6) is 0 Å². The van der Waals surface area contributed by atoms with E-state index in [1.807, 2.05) is 17.8 Å². The summed E-state index contributed by atoms with van der Waals surface area (Å²) in [5, 5.41) is 8.38. The van der Waals surface area contributed by atoms with Gasteiger partial charge in [-0.1, -0.05) is 6.07 Å². The SMILES string of the molecule is CSCCCCNc1ccc(C)c(S(N)(=O)=O)c1. The Kier molecular flexibility index (Phi) is 5.98. The van der Waals surface area contributed by atoms with E-state index in [1.54, 1.807) is 19.1 Å². The maximum absolute atomic E-state index is 11.4. The van der Waals surface area contributed by atoms with Crippen LogP contribution in [-0.4, -0.2) is 27.0 Å². The Hall–Kier alpha value is -0.720. The zero-order valence-electron chi connectivity index (χ0n) is 10.8. The van der Waals surface area contributed by atoms with Gasteiger partial charge in [-0.15, -0.1) is 0 Å². The smallest absolute Gasteiger partial charge is 0.238 e. The van der Waals surface area contributed by atoms with Crippen LogP contribution in [0.3, 0.4) is 0 Å². The summed E-state index contributed by atoms with van der Waals surface area (Å²) in [4.78, 5) is 0.191. The van der Waals surface area contributed by atoms with Gasteiger partial charge in [-0.3, -0.25) is 0 Å². The lowest BCUT2D eigenvalue weighted by Crippen LogP contribution is -2.14. The summed E-state index contributed by atoms with van der Waals surface area (Å²) in [6.07, 6.45) is 4.31. The van der Waals surface area contributed by atoms with Gasteiger partial charge in [-0.25, -0.2) is 13.6 Å². The lowest BCUT2D eigenvalue weighted by atomic mass is 10.2. The van der Waals surface area contributed by atoms with Crippen molar-refractivity contribution in [2.75, 3.05) is 23.9 Å². The van der Waals surface area contributed by atoms with Gasteiger partial charge in [0, 0.05) is 12.2 Å². The second kappa shape index (κ2) is 7.01. The van der Waals surface area contributed by atoms with Crippen molar-refractivity contribution in [1.29, 1.82) is 0 Å². The zero-order chi connectivity index (χ0) is 13.6. The largest absolute Gasteiger partial charge is 0.385 e. The van der Waals surface area contributed by atoms with Gasteiger partial charge in [0.1, 0.15) is 0 Å². The molecule has 0 heterocycles. The normalized spacial score (nSPS) is 11.5. The summed E-state index contributed by atoms with van der Waals surface area (Å²) in [5.74, 6) is 1.15. The third-order valence-electron chi connectivity index (χ3n) is 2.60. The number of nitrogens with one attached hydrogen (secondary N) is 1. The van der Waals surface area contributed by atoms with E-state index in [2.05, 4.69) is 11.6 Å². The second-order valence-electron chi connectivity index (χ2n) is 4.15. The highest BCUT2D eigenvalue weighted by molar-refractivity contribution is 7.98. The number of thioether (sulfide) groups is 1. The Labute approximate surface area is 113 Å². The van der Waals surface area contributed by atoms with Crippen LogP contribution < -0.4 is 10.5 Å². The van der Waals surface area contributed by atoms with Crippen molar-refractivity contribution < 1.29 is 8.42 Å². The maximum Gasteiger partial charge on any atom is 0.238 e. The van der Waals surface area contributed by atoms with E-state index in [4.69, 9.17) is 5.14 Å². The number of nitrogens with two attached hydrogens (primary N) is 1. The molecule has 0 spiro atoms. The molecule has 0 atom stereocenters. The van der Waals surface area contributed by atoms with Gasteiger partial charge in [0.05, 0.1) is 4.90 Å². The molecule has 0 saturated carbocycles. The number of aryl methyl sites for hydroxylation is 1. The molecule has 18 heavy (non-hydrogen) atoms. The van der Waals surface area contributed by atoms with Gasteiger partial charge in [-0.2, -0.15) is 11.8 Å². The summed E-state index contributed by atoms with van der Waals surface area (Å²) >= 11 is 1.83. The molecule has 0 aliphatic carbocycles. The lowest BCUT2D eigenvalue weighted by molar-refractivity contribution is 0.597. The van der Waals surface area contributed by atoms with E-state index in [0.717, 1.165) is 30.8 Å². The quantitative estimate of drug-likeness (QED) is 0.754.